The molecule has 0 aromatic heterocycles. The van der Waals surface area contributed by atoms with Gasteiger partial charge in [0.25, 0.3) is 0 Å². The predicted octanol–water partition coefficient (Wildman–Crippen LogP) is 2.78. The number of rotatable bonds is 9. The molecular formula is C23H31N3O5S. The summed E-state index contributed by atoms with van der Waals surface area (Å²) in [5, 5.41) is 2.81. The lowest BCUT2D eigenvalue weighted by molar-refractivity contribution is -0.119. The normalized spacial score (nSPS) is 14.0. The van der Waals surface area contributed by atoms with Crippen molar-refractivity contribution in [2.45, 2.75) is 25.8 Å². The Morgan fingerprint density at radius 1 is 1.03 bits per heavy atom. The molecule has 32 heavy (non-hydrogen) atoms. The van der Waals surface area contributed by atoms with Crippen LogP contribution in [0.3, 0.4) is 0 Å². The minimum Gasteiger partial charge on any atom is -0.497 e. The van der Waals surface area contributed by atoms with Gasteiger partial charge in [0.2, 0.25) is 15.9 Å². The van der Waals surface area contributed by atoms with Crippen LogP contribution in [0, 0.1) is 0 Å². The van der Waals surface area contributed by atoms with Gasteiger partial charge < -0.3 is 19.7 Å². The summed E-state index contributed by atoms with van der Waals surface area (Å²) in [5.74, 6) is 0.417. The average molecular weight is 462 g/mol. The third-order valence-electron chi connectivity index (χ3n) is 5.49. The SMILES string of the molecule is COc1ccc(N(CC(=O)NCc2ccc(N3CCCCC3)cc2)S(C)(=O)=O)c(OC)c1. The van der Waals surface area contributed by atoms with E-state index in [0.717, 1.165) is 29.2 Å². The molecule has 174 valence electrons. The summed E-state index contributed by atoms with van der Waals surface area (Å²) < 4.78 is 36.3. The first kappa shape index (κ1) is 23.7. The van der Waals surface area contributed by atoms with Gasteiger partial charge in [-0.25, -0.2) is 8.42 Å². The molecule has 1 heterocycles. The highest BCUT2D eigenvalue weighted by molar-refractivity contribution is 7.92. The van der Waals surface area contributed by atoms with Gasteiger partial charge in [0.1, 0.15) is 18.0 Å². The molecule has 3 rings (SSSR count). The van der Waals surface area contributed by atoms with Crippen LogP contribution in [0.1, 0.15) is 24.8 Å². The van der Waals surface area contributed by atoms with Crippen molar-refractivity contribution >= 4 is 27.3 Å². The van der Waals surface area contributed by atoms with Crippen LogP contribution >= 0.6 is 0 Å². The fourth-order valence-electron chi connectivity index (χ4n) is 3.74. The predicted molar refractivity (Wildman–Crippen MR) is 126 cm³/mol. The van der Waals surface area contributed by atoms with Crippen molar-refractivity contribution < 1.29 is 22.7 Å². The molecule has 9 heteroatoms. The zero-order chi connectivity index (χ0) is 23.1. The number of anilines is 2. The number of benzene rings is 2. The lowest BCUT2D eigenvalue weighted by Crippen LogP contribution is -2.40. The number of methoxy groups -OCH3 is 2. The van der Waals surface area contributed by atoms with E-state index in [4.69, 9.17) is 9.47 Å². The molecule has 0 spiro atoms. The van der Waals surface area contributed by atoms with Crippen LogP contribution in [-0.2, 0) is 21.4 Å². The topological polar surface area (TPSA) is 88.2 Å². The van der Waals surface area contributed by atoms with Gasteiger partial charge in [-0.1, -0.05) is 12.1 Å². The van der Waals surface area contributed by atoms with Crippen molar-refractivity contribution in [2.75, 3.05) is 49.3 Å². The van der Waals surface area contributed by atoms with Gasteiger partial charge in [-0.3, -0.25) is 9.10 Å². The maximum atomic E-state index is 12.6. The molecule has 1 aliphatic heterocycles. The highest BCUT2D eigenvalue weighted by Crippen LogP contribution is 2.33. The van der Waals surface area contributed by atoms with Crippen LogP contribution in [-0.4, -0.2) is 54.4 Å². The minimum absolute atomic E-state index is 0.275. The lowest BCUT2D eigenvalue weighted by atomic mass is 10.1. The van der Waals surface area contributed by atoms with Gasteiger partial charge >= 0.3 is 0 Å². The molecule has 2 aromatic carbocycles. The molecule has 0 bridgehead atoms. The second-order valence-electron chi connectivity index (χ2n) is 7.80. The Morgan fingerprint density at radius 3 is 2.31 bits per heavy atom. The fraction of sp³-hybridized carbons (Fsp3) is 0.435. The molecule has 8 nitrogen and oxygen atoms in total. The van der Waals surface area contributed by atoms with Crippen LogP contribution in [0.5, 0.6) is 11.5 Å². The molecule has 1 saturated heterocycles. The van der Waals surface area contributed by atoms with E-state index in [1.54, 1.807) is 18.2 Å². The number of nitrogens with zero attached hydrogens (tertiary/aromatic N) is 2. The van der Waals surface area contributed by atoms with Crippen molar-refractivity contribution in [1.82, 2.24) is 5.32 Å². The molecule has 0 aliphatic carbocycles. The standard InChI is InChI=1S/C23H31N3O5S/c1-30-20-11-12-21(22(15-20)31-2)26(32(3,28)29)17-23(27)24-16-18-7-9-19(10-8-18)25-13-5-4-6-14-25/h7-12,15H,4-6,13-14,16-17H2,1-3H3,(H,24,27). The number of ether oxygens (including phenoxy) is 2. The molecular weight excluding hydrogens is 430 g/mol. The number of piperidine rings is 1. The molecule has 0 saturated carbocycles. The second-order valence-corrected chi connectivity index (χ2v) is 9.71. The summed E-state index contributed by atoms with van der Waals surface area (Å²) in [4.78, 5) is 15.0. The summed E-state index contributed by atoms with van der Waals surface area (Å²) in [5.41, 5.74) is 2.42. The Hall–Kier alpha value is -2.94. The Bertz CT molecular complexity index is 1020. The Morgan fingerprint density at radius 2 is 1.72 bits per heavy atom. The Labute approximate surface area is 190 Å². The van der Waals surface area contributed by atoms with Crippen molar-refractivity contribution in [3.8, 4) is 11.5 Å². The second kappa shape index (κ2) is 10.6. The Kier molecular flexibility index (Phi) is 7.84. The summed E-state index contributed by atoms with van der Waals surface area (Å²) >= 11 is 0. The van der Waals surface area contributed by atoms with E-state index in [1.807, 2.05) is 12.1 Å². The number of sulfonamides is 1. The molecule has 2 aromatic rings. The van der Waals surface area contributed by atoms with E-state index in [9.17, 15) is 13.2 Å². The highest BCUT2D eigenvalue weighted by Gasteiger charge is 2.24. The molecule has 1 N–H and O–H groups in total. The molecule has 0 radical (unpaired) electrons. The number of carbonyl (C=O) groups excluding carboxylic acids is 1. The fourth-order valence-corrected chi connectivity index (χ4v) is 4.60. The average Bonchev–Trinajstić information content (AvgIpc) is 2.81. The molecule has 1 aliphatic rings. The smallest absolute Gasteiger partial charge is 0.241 e. The van der Waals surface area contributed by atoms with Gasteiger partial charge in [-0.2, -0.15) is 0 Å². The van der Waals surface area contributed by atoms with Gasteiger partial charge in [-0.15, -0.1) is 0 Å². The van der Waals surface area contributed by atoms with E-state index < -0.39 is 15.9 Å². The van der Waals surface area contributed by atoms with E-state index in [0.29, 0.717) is 18.0 Å². The van der Waals surface area contributed by atoms with Crippen molar-refractivity contribution in [3.63, 3.8) is 0 Å². The van der Waals surface area contributed by atoms with Crippen LogP contribution in [0.15, 0.2) is 42.5 Å². The van der Waals surface area contributed by atoms with Crippen molar-refractivity contribution in [1.29, 1.82) is 0 Å². The van der Waals surface area contributed by atoms with Crippen LogP contribution < -0.4 is 24.0 Å². The van der Waals surface area contributed by atoms with E-state index in [2.05, 4.69) is 22.3 Å². The van der Waals surface area contributed by atoms with Crippen molar-refractivity contribution in [3.05, 3.63) is 48.0 Å². The number of nitrogens with one attached hydrogen (secondary N) is 1. The van der Waals surface area contributed by atoms with Gasteiger partial charge in [0.05, 0.1) is 26.2 Å². The van der Waals surface area contributed by atoms with E-state index >= 15 is 0 Å². The maximum absolute atomic E-state index is 12.6. The van der Waals surface area contributed by atoms with Crippen molar-refractivity contribution in [2.24, 2.45) is 0 Å². The molecule has 0 unspecified atom stereocenters. The third kappa shape index (κ3) is 6.06. The number of amides is 1. The lowest BCUT2D eigenvalue weighted by Gasteiger charge is -2.28. The molecule has 0 atom stereocenters. The van der Waals surface area contributed by atoms with Gasteiger partial charge in [0.15, 0.2) is 0 Å². The Balaban J connectivity index is 1.65. The monoisotopic (exact) mass is 461 g/mol. The van der Waals surface area contributed by atoms with E-state index in [-0.39, 0.29) is 12.2 Å². The third-order valence-corrected chi connectivity index (χ3v) is 6.62. The summed E-state index contributed by atoms with van der Waals surface area (Å²) in [7, 11) is -0.774. The minimum atomic E-state index is -3.72. The van der Waals surface area contributed by atoms with Gasteiger partial charge in [0, 0.05) is 31.4 Å². The summed E-state index contributed by atoms with van der Waals surface area (Å²) in [6.07, 6.45) is 4.78. The van der Waals surface area contributed by atoms with Gasteiger partial charge in [-0.05, 0) is 49.1 Å². The molecule has 1 amide bonds. The van der Waals surface area contributed by atoms with Crippen LogP contribution in [0.2, 0.25) is 0 Å². The van der Waals surface area contributed by atoms with Crippen LogP contribution in [0.4, 0.5) is 11.4 Å². The van der Waals surface area contributed by atoms with E-state index in [1.165, 1.54) is 39.2 Å². The summed E-state index contributed by atoms with van der Waals surface area (Å²) in [6.45, 7) is 2.11. The number of carbonyl (C=O) groups is 1. The molecule has 1 fully saturated rings. The zero-order valence-corrected chi connectivity index (χ0v) is 19.7. The summed E-state index contributed by atoms with van der Waals surface area (Å²) in [6, 6.07) is 12.9. The largest absolute Gasteiger partial charge is 0.497 e. The number of hydrogen-bond acceptors (Lipinski definition) is 6. The zero-order valence-electron chi connectivity index (χ0n) is 18.8. The number of hydrogen-bond donors (Lipinski definition) is 1. The quantitative estimate of drug-likeness (QED) is 0.618. The van der Waals surface area contributed by atoms with Crippen LogP contribution in [0.25, 0.3) is 0 Å². The first-order valence-corrected chi connectivity index (χ1v) is 12.5. The maximum Gasteiger partial charge on any atom is 0.241 e. The first-order chi connectivity index (χ1) is 15.3. The highest BCUT2D eigenvalue weighted by atomic mass is 32.2. The first-order valence-electron chi connectivity index (χ1n) is 10.6.